The molecular formula is C30H30N2O3. The van der Waals surface area contributed by atoms with Gasteiger partial charge in [0, 0.05) is 22.6 Å². The Morgan fingerprint density at radius 3 is 2.09 bits per heavy atom. The summed E-state index contributed by atoms with van der Waals surface area (Å²) in [6.07, 6.45) is 7.10. The molecule has 5 heteroatoms. The first-order valence-electron chi connectivity index (χ1n) is 12.5. The number of amides is 1. The molecule has 0 aliphatic heterocycles. The van der Waals surface area contributed by atoms with Crippen molar-refractivity contribution in [2.45, 2.75) is 37.5 Å². The predicted molar refractivity (Wildman–Crippen MR) is 137 cm³/mol. The van der Waals surface area contributed by atoms with Crippen molar-refractivity contribution in [1.82, 2.24) is 0 Å². The highest BCUT2D eigenvalue weighted by Crippen LogP contribution is 2.64. The summed E-state index contributed by atoms with van der Waals surface area (Å²) in [5.74, 6) is 2.23. The van der Waals surface area contributed by atoms with Crippen LogP contribution in [0.1, 0.15) is 58.4 Å². The molecule has 2 N–H and O–H groups in total. The van der Waals surface area contributed by atoms with Crippen LogP contribution in [0.3, 0.4) is 0 Å². The highest BCUT2D eigenvalue weighted by Gasteiger charge is 2.56. The van der Waals surface area contributed by atoms with Crippen molar-refractivity contribution in [1.29, 1.82) is 0 Å². The minimum atomic E-state index is -0.438. The zero-order chi connectivity index (χ0) is 24.0. The maximum Gasteiger partial charge on any atom is 0.337 e. The molecule has 0 saturated heterocycles. The molecule has 3 aromatic carbocycles. The van der Waals surface area contributed by atoms with E-state index < -0.39 is 5.97 Å². The fraction of sp³-hybridized carbons (Fsp3) is 0.333. The topological polar surface area (TPSA) is 67.4 Å². The van der Waals surface area contributed by atoms with E-state index in [2.05, 4.69) is 34.9 Å². The SMILES string of the molecule is COC(=O)c1cccc(NC(=O)c2ccc(Nc3ccc(C45CC6CC(C4)C(C6)C5)cc3)cc2)c1. The lowest BCUT2D eigenvalue weighted by atomic mass is 9.66. The van der Waals surface area contributed by atoms with Gasteiger partial charge in [0.1, 0.15) is 0 Å². The van der Waals surface area contributed by atoms with Crippen molar-refractivity contribution in [2.24, 2.45) is 17.8 Å². The molecule has 178 valence electrons. The van der Waals surface area contributed by atoms with Crippen LogP contribution in [0.2, 0.25) is 0 Å². The largest absolute Gasteiger partial charge is 0.465 e. The van der Waals surface area contributed by atoms with E-state index in [4.69, 9.17) is 4.74 Å². The van der Waals surface area contributed by atoms with Gasteiger partial charge < -0.3 is 15.4 Å². The molecule has 4 aliphatic carbocycles. The van der Waals surface area contributed by atoms with E-state index >= 15 is 0 Å². The average molecular weight is 467 g/mol. The molecule has 5 nitrogen and oxygen atoms in total. The molecule has 2 atom stereocenters. The van der Waals surface area contributed by atoms with Crippen LogP contribution in [0.5, 0.6) is 0 Å². The van der Waals surface area contributed by atoms with Gasteiger partial charge in [0.15, 0.2) is 0 Å². The molecule has 4 fully saturated rings. The Hall–Kier alpha value is -3.60. The van der Waals surface area contributed by atoms with Gasteiger partial charge in [-0.05, 0) is 115 Å². The van der Waals surface area contributed by atoms with E-state index in [1.165, 1.54) is 44.8 Å². The Bertz CT molecular complexity index is 1250. The summed E-state index contributed by atoms with van der Waals surface area (Å²) in [5, 5.41) is 6.29. The second kappa shape index (κ2) is 8.56. The molecule has 4 aliphatic rings. The van der Waals surface area contributed by atoms with Gasteiger partial charge in [0.05, 0.1) is 12.7 Å². The number of hydrogen-bond acceptors (Lipinski definition) is 4. The molecule has 7 rings (SSSR count). The van der Waals surface area contributed by atoms with Crippen LogP contribution < -0.4 is 10.6 Å². The Morgan fingerprint density at radius 1 is 0.800 bits per heavy atom. The number of nitrogens with one attached hydrogen (secondary N) is 2. The van der Waals surface area contributed by atoms with Gasteiger partial charge in [-0.2, -0.15) is 0 Å². The molecule has 0 radical (unpaired) electrons. The summed E-state index contributed by atoms with van der Waals surface area (Å²) < 4.78 is 4.74. The number of anilines is 3. The first kappa shape index (κ1) is 21.9. The second-order valence-electron chi connectivity index (χ2n) is 10.6. The van der Waals surface area contributed by atoms with Crippen molar-refractivity contribution in [3.8, 4) is 0 Å². The maximum atomic E-state index is 12.7. The monoisotopic (exact) mass is 466 g/mol. The lowest BCUT2D eigenvalue weighted by Crippen LogP contribution is -2.31. The Kier molecular flexibility index (Phi) is 5.36. The number of benzene rings is 3. The second-order valence-corrected chi connectivity index (χ2v) is 10.6. The van der Waals surface area contributed by atoms with Crippen LogP contribution in [0.15, 0.2) is 72.8 Å². The standard InChI is InChI=1S/C30H30N2O3/c1-35-29(34)21-3-2-4-27(15-21)32-28(33)20-5-9-25(10-6-20)31-26-11-7-24(8-12-26)30-16-19-13-22(17-30)23(14-19)18-30/h2-12,15,19,22-23,31H,13-14,16-18H2,1H3,(H,32,33). The van der Waals surface area contributed by atoms with Crippen LogP contribution in [-0.4, -0.2) is 19.0 Å². The average Bonchev–Trinajstić information content (AvgIpc) is 3.31. The van der Waals surface area contributed by atoms with Crippen molar-refractivity contribution in [2.75, 3.05) is 17.7 Å². The molecule has 3 aromatic rings. The summed E-state index contributed by atoms with van der Waals surface area (Å²) in [7, 11) is 1.33. The van der Waals surface area contributed by atoms with Crippen LogP contribution >= 0.6 is 0 Å². The van der Waals surface area contributed by atoms with Crippen molar-refractivity contribution in [3.63, 3.8) is 0 Å². The smallest absolute Gasteiger partial charge is 0.337 e. The number of carbonyl (C=O) groups excluding carboxylic acids is 2. The summed E-state index contributed by atoms with van der Waals surface area (Å²) >= 11 is 0. The third-order valence-corrected chi connectivity index (χ3v) is 8.40. The minimum absolute atomic E-state index is 0.234. The third-order valence-electron chi connectivity index (χ3n) is 8.40. The molecule has 0 aromatic heterocycles. The predicted octanol–water partition coefficient (Wildman–Crippen LogP) is 6.55. The fourth-order valence-electron chi connectivity index (χ4n) is 6.99. The minimum Gasteiger partial charge on any atom is -0.465 e. The van der Waals surface area contributed by atoms with Crippen LogP contribution in [0, 0.1) is 17.8 Å². The van der Waals surface area contributed by atoms with Gasteiger partial charge >= 0.3 is 5.97 Å². The van der Waals surface area contributed by atoms with E-state index in [1.807, 2.05) is 12.1 Å². The van der Waals surface area contributed by atoms with Gasteiger partial charge in [-0.3, -0.25) is 4.79 Å². The van der Waals surface area contributed by atoms with Crippen molar-refractivity contribution < 1.29 is 14.3 Å². The van der Waals surface area contributed by atoms with E-state index in [0.717, 1.165) is 29.1 Å². The van der Waals surface area contributed by atoms with Crippen LogP contribution in [-0.2, 0) is 10.2 Å². The highest BCUT2D eigenvalue weighted by atomic mass is 16.5. The lowest BCUT2D eigenvalue weighted by molar-refractivity contribution is 0.0600. The number of carbonyl (C=O) groups is 2. The zero-order valence-corrected chi connectivity index (χ0v) is 19.9. The molecule has 4 bridgehead atoms. The third kappa shape index (κ3) is 4.09. The van der Waals surface area contributed by atoms with Crippen molar-refractivity contribution in [3.05, 3.63) is 89.5 Å². The number of esters is 1. The summed E-state index contributed by atoms with van der Waals surface area (Å²) in [6, 6.07) is 23.1. The van der Waals surface area contributed by atoms with Crippen LogP contribution in [0.25, 0.3) is 0 Å². The molecule has 0 heterocycles. The van der Waals surface area contributed by atoms with Crippen LogP contribution in [0.4, 0.5) is 17.1 Å². The lowest BCUT2D eigenvalue weighted by Gasteiger charge is -2.39. The number of hydrogen-bond donors (Lipinski definition) is 2. The number of ether oxygens (including phenoxy) is 1. The van der Waals surface area contributed by atoms with Crippen molar-refractivity contribution >= 4 is 28.9 Å². The zero-order valence-electron chi connectivity index (χ0n) is 19.9. The number of rotatable bonds is 6. The molecular weight excluding hydrogens is 436 g/mol. The van der Waals surface area contributed by atoms with Gasteiger partial charge in [-0.1, -0.05) is 18.2 Å². The maximum absolute atomic E-state index is 12.7. The van der Waals surface area contributed by atoms with E-state index in [0.29, 0.717) is 22.2 Å². The number of methoxy groups -OCH3 is 1. The van der Waals surface area contributed by atoms with Gasteiger partial charge in [-0.15, -0.1) is 0 Å². The molecule has 35 heavy (non-hydrogen) atoms. The quantitative estimate of drug-likeness (QED) is 0.405. The van der Waals surface area contributed by atoms with Gasteiger partial charge in [0.25, 0.3) is 5.91 Å². The Balaban J connectivity index is 1.09. The molecule has 4 saturated carbocycles. The Morgan fingerprint density at radius 2 is 1.46 bits per heavy atom. The summed E-state index contributed by atoms with van der Waals surface area (Å²) in [5.41, 5.74) is 5.41. The molecule has 0 spiro atoms. The molecule has 1 amide bonds. The van der Waals surface area contributed by atoms with Gasteiger partial charge in [0.2, 0.25) is 0 Å². The van der Waals surface area contributed by atoms with E-state index in [1.54, 1.807) is 36.4 Å². The highest BCUT2D eigenvalue weighted by molar-refractivity contribution is 6.05. The molecule has 2 unspecified atom stereocenters. The first-order valence-corrected chi connectivity index (χ1v) is 12.5. The summed E-state index contributed by atoms with van der Waals surface area (Å²) in [6.45, 7) is 0. The Labute approximate surface area is 205 Å². The van der Waals surface area contributed by atoms with Gasteiger partial charge in [-0.25, -0.2) is 4.79 Å². The normalized spacial score (nSPS) is 25.9. The van der Waals surface area contributed by atoms with E-state index in [-0.39, 0.29) is 5.91 Å². The first-order chi connectivity index (χ1) is 17.0. The van der Waals surface area contributed by atoms with E-state index in [9.17, 15) is 9.59 Å². The summed E-state index contributed by atoms with van der Waals surface area (Å²) in [4.78, 5) is 24.4. The fourth-order valence-corrected chi connectivity index (χ4v) is 6.99.